The minimum atomic E-state index is -1.69. The van der Waals surface area contributed by atoms with Crippen LogP contribution in [0.4, 0.5) is 0 Å². The first-order valence-electron chi connectivity index (χ1n) is 2.42. The van der Waals surface area contributed by atoms with Gasteiger partial charge in [-0.05, 0) is 6.92 Å². The second kappa shape index (κ2) is 5.21. The van der Waals surface area contributed by atoms with Crippen molar-refractivity contribution in [3.8, 4) is 0 Å². The van der Waals surface area contributed by atoms with Crippen LogP contribution < -0.4 is 0 Å². The quantitative estimate of drug-likeness (QED) is 0.447. The standard InChI is InChI=1S/C4H10O3S/c1-2-7-3-4-8(5)6/h2-4H2,1H3,(H,5,6). The summed E-state index contributed by atoms with van der Waals surface area (Å²) in [6.07, 6.45) is 0. The molecule has 0 bridgehead atoms. The second-order valence-electron chi connectivity index (χ2n) is 1.22. The zero-order valence-corrected chi connectivity index (χ0v) is 5.61. The molecule has 1 unspecified atom stereocenters. The van der Waals surface area contributed by atoms with Crippen LogP contribution in [0.3, 0.4) is 0 Å². The Kier molecular flexibility index (Phi) is 5.26. The van der Waals surface area contributed by atoms with Crippen molar-refractivity contribution < 1.29 is 13.5 Å². The van der Waals surface area contributed by atoms with Gasteiger partial charge in [-0.1, -0.05) is 0 Å². The van der Waals surface area contributed by atoms with E-state index < -0.39 is 11.1 Å². The summed E-state index contributed by atoms with van der Waals surface area (Å²) in [6.45, 7) is 2.83. The molecular weight excluding hydrogens is 128 g/mol. The molecule has 0 aliphatic rings. The molecule has 1 atom stereocenters. The molecule has 0 aromatic carbocycles. The first-order valence-corrected chi connectivity index (χ1v) is 3.70. The predicted molar refractivity (Wildman–Crippen MR) is 32.1 cm³/mol. The Morgan fingerprint density at radius 3 is 2.75 bits per heavy atom. The van der Waals surface area contributed by atoms with Gasteiger partial charge in [0.2, 0.25) is 0 Å². The van der Waals surface area contributed by atoms with Gasteiger partial charge in [0.25, 0.3) is 0 Å². The molecule has 4 heteroatoms. The highest BCUT2D eigenvalue weighted by Gasteiger charge is 1.89. The van der Waals surface area contributed by atoms with Crippen molar-refractivity contribution in [2.45, 2.75) is 6.92 Å². The van der Waals surface area contributed by atoms with Crippen LogP contribution in [-0.4, -0.2) is 27.7 Å². The summed E-state index contributed by atoms with van der Waals surface area (Å²) in [5.41, 5.74) is 0. The Hall–Kier alpha value is 0.0700. The Morgan fingerprint density at radius 2 is 2.38 bits per heavy atom. The lowest BCUT2D eigenvalue weighted by molar-refractivity contribution is 0.163. The van der Waals surface area contributed by atoms with Crippen LogP contribution in [0.2, 0.25) is 0 Å². The second-order valence-corrected chi connectivity index (χ2v) is 2.27. The van der Waals surface area contributed by atoms with Crippen LogP contribution >= 0.6 is 0 Å². The molecule has 0 aromatic rings. The zero-order chi connectivity index (χ0) is 6.41. The normalized spacial score (nSPS) is 13.8. The average Bonchev–Trinajstić information content (AvgIpc) is 1.66. The maximum absolute atomic E-state index is 9.91. The van der Waals surface area contributed by atoms with Gasteiger partial charge in [-0.15, -0.1) is 0 Å². The van der Waals surface area contributed by atoms with E-state index in [9.17, 15) is 4.21 Å². The van der Waals surface area contributed by atoms with Gasteiger partial charge in [-0.25, -0.2) is 4.21 Å². The summed E-state index contributed by atoms with van der Waals surface area (Å²) in [6, 6.07) is 0. The molecule has 0 aromatic heterocycles. The first kappa shape index (κ1) is 8.07. The zero-order valence-electron chi connectivity index (χ0n) is 4.79. The van der Waals surface area contributed by atoms with Crippen LogP contribution in [0.15, 0.2) is 0 Å². The summed E-state index contributed by atoms with van der Waals surface area (Å²) in [5, 5.41) is 0. The molecule has 3 nitrogen and oxygen atoms in total. The van der Waals surface area contributed by atoms with Crippen molar-refractivity contribution in [1.29, 1.82) is 0 Å². The van der Waals surface area contributed by atoms with Gasteiger partial charge < -0.3 is 9.29 Å². The van der Waals surface area contributed by atoms with E-state index in [1.807, 2.05) is 6.92 Å². The molecule has 0 rings (SSSR count). The maximum Gasteiger partial charge on any atom is 0.155 e. The largest absolute Gasteiger partial charge is 0.381 e. The Bertz CT molecular complexity index is 73.7. The predicted octanol–water partition coefficient (Wildman–Crippen LogP) is 0.245. The Balaban J connectivity index is 2.82. The summed E-state index contributed by atoms with van der Waals surface area (Å²) in [5.74, 6) is 0.216. The molecule has 0 spiro atoms. The molecule has 0 saturated heterocycles. The van der Waals surface area contributed by atoms with Gasteiger partial charge in [-0.3, -0.25) is 0 Å². The minimum Gasteiger partial charge on any atom is -0.381 e. The summed E-state index contributed by atoms with van der Waals surface area (Å²) in [7, 11) is 0. The molecule has 0 fully saturated rings. The summed E-state index contributed by atoms with van der Waals surface area (Å²) < 4.78 is 22.9. The molecule has 0 amide bonds. The Labute approximate surface area is 51.3 Å². The van der Waals surface area contributed by atoms with E-state index in [-0.39, 0.29) is 5.75 Å². The lowest BCUT2D eigenvalue weighted by atomic mass is 10.8. The fourth-order valence-electron chi connectivity index (χ4n) is 0.275. The number of rotatable bonds is 4. The van der Waals surface area contributed by atoms with Gasteiger partial charge in [0, 0.05) is 6.61 Å². The number of ether oxygens (including phenoxy) is 1. The summed E-state index contributed by atoms with van der Waals surface area (Å²) in [4.78, 5) is 0. The number of hydrogen-bond acceptors (Lipinski definition) is 2. The van der Waals surface area contributed by atoms with Gasteiger partial charge in [-0.2, -0.15) is 0 Å². The molecule has 0 heterocycles. The third-order valence-electron chi connectivity index (χ3n) is 0.606. The van der Waals surface area contributed by atoms with Gasteiger partial charge >= 0.3 is 0 Å². The van der Waals surface area contributed by atoms with Crippen LogP contribution in [0.5, 0.6) is 0 Å². The molecule has 0 saturated carbocycles. The van der Waals surface area contributed by atoms with E-state index in [0.29, 0.717) is 13.2 Å². The lowest BCUT2D eigenvalue weighted by Crippen LogP contribution is -2.03. The maximum atomic E-state index is 9.91. The summed E-state index contributed by atoms with van der Waals surface area (Å²) >= 11 is -1.69. The van der Waals surface area contributed by atoms with Crippen LogP contribution in [0.25, 0.3) is 0 Å². The molecule has 8 heavy (non-hydrogen) atoms. The molecule has 0 aliphatic carbocycles. The van der Waals surface area contributed by atoms with Crippen molar-refractivity contribution in [1.82, 2.24) is 0 Å². The fraction of sp³-hybridized carbons (Fsp3) is 1.00. The SMILES string of the molecule is CCOCCS(=O)O. The smallest absolute Gasteiger partial charge is 0.155 e. The van der Waals surface area contributed by atoms with Crippen LogP contribution in [0.1, 0.15) is 6.92 Å². The van der Waals surface area contributed by atoms with E-state index in [4.69, 9.17) is 9.29 Å². The van der Waals surface area contributed by atoms with Gasteiger partial charge in [0.05, 0.1) is 12.4 Å². The number of hydrogen-bond donors (Lipinski definition) is 1. The highest BCUT2D eigenvalue weighted by atomic mass is 32.2. The highest BCUT2D eigenvalue weighted by molar-refractivity contribution is 7.79. The van der Waals surface area contributed by atoms with E-state index in [0.717, 1.165) is 0 Å². The average molecular weight is 138 g/mol. The third-order valence-corrected chi connectivity index (χ3v) is 1.12. The van der Waals surface area contributed by atoms with Crippen molar-refractivity contribution >= 4 is 11.1 Å². The molecule has 0 aliphatic heterocycles. The van der Waals surface area contributed by atoms with Gasteiger partial charge in [0.15, 0.2) is 11.1 Å². The van der Waals surface area contributed by atoms with E-state index in [1.54, 1.807) is 0 Å². The molecule has 1 N–H and O–H groups in total. The van der Waals surface area contributed by atoms with Crippen molar-refractivity contribution in [2.24, 2.45) is 0 Å². The van der Waals surface area contributed by atoms with E-state index in [2.05, 4.69) is 0 Å². The van der Waals surface area contributed by atoms with E-state index >= 15 is 0 Å². The van der Waals surface area contributed by atoms with Gasteiger partial charge in [0.1, 0.15) is 0 Å². The fourth-order valence-corrected chi connectivity index (χ4v) is 0.535. The first-order chi connectivity index (χ1) is 3.77. The van der Waals surface area contributed by atoms with Crippen molar-refractivity contribution in [3.05, 3.63) is 0 Å². The van der Waals surface area contributed by atoms with Crippen molar-refractivity contribution in [3.63, 3.8) is 0 Å². The Morgan fingerprint density at radius 1 is 1.75 bits per heavy atom. The molecule has 50 valence electrons. The highest BCUT2D eigenvalue weighted by Crippen LogP contribution is 1.76. The van der Waals surface area contributed by atoms with Crippen LogP contribution in [0, 0.1) is 0 Å². The third kappa shape index (κ3) is 6.07. The minimum absolute atomic E-state index is 0.216. The topological polar surface area (TPSA) is 46.5 Å². The van der Waals surface area contributed by atoms with E-state index in [1.165, 1.54) is 0 Å². The van der Waals surface area contributed by atoms with Crippen molar-refractivity contribution in [2.75, 3.05) is 19.0 Å². The van der Waals surface area contributed by atoms with Crippen LogP contribution in [-0.2, 0) is 15.8 Å². The monoisotopic (exact) mass is 138 g/mol. The lowest BCUT2D eigenvalue weighted by Gasteiger charge is -1.94. The molecule has 0 radical (unpaired) electrons. The molecular formula is C4H10O3S.